The van der Waals surface area contributed by atoms with Gasteiger partial charge in [-0.2, -0.15) is 5.26 Å². The standard InChI is InChI=1S/C21H27N5O/c1-4-26(5-2)21(27)23-13-9-15-14-7-6-8-17-20(14)16(18(11-22)24-17)10-19(15)25(3)12-13/h6-8,13,15,19,24H,4-5,9-10,12H2,1-3H3,(H,23,27)/t13-,15+,19+/m0/s1. The zero-order valence-electron chi connectivity index (χ0n) is 16.2. The van der Waals surface area contributed by atoms with E-state index in [4.69, 9.17) is 0 Å². The van der Waals surface area contributed by atoms with Crippen LogP contribution in [-0.4, -0.2) is 59.6 Å². The van der Waals surface area contributed by atoms with Crippen molar-refractivity contribution in [2.24, 2.45) is 0 Å². The van der Waals surface area contributed by atoms with E-state index in [-0.39, 0.29) is 12.1 Å². The lowest BCUT2D eigenvalue weighted by Crippen LogP contribution is -2.56. The normalized spacial score (nSPS) is 24.3. The van der Waals surface area contributed by atoms with Gasteiger partial charge in [0.25, 0.3) is 0 Å². The van der Waals surface area contributed by atoms with Crippen LogP contribution in [0.4, 0.5) is 4.79 Å². The molecule has 27 heavy (non-hydrogen) atoms. The number of hydrogen-bond acceptors (Lipinski definition) is 3. The highest BCUT2D eigenvalue weighted by atomic mass is 16.2. The SMILES string of the molecule is CCN(CC)C(=O)N[C@H]1C[C@@H]2c3cccc4[nH]c(C#N)c(c34)C[C@H]2N(C)C1. The summed E-state index contributed by atoms with van der Waals surface area (Å²) >= 11 is 0. The van der Waals surface area contributed by atoms with E-state index in [1.807, 2.05) is 18.7 Å². The third-order valence-electron chi connectivity index (χ3n) is 6.34. The second kappa shape index (κ2) is 6.90. The van der Waals surface area contributed by atoms with Crippen LogP contribution in [0.25, 0.3) is 10.9 Å². The number of piperidine rings is 1. The van der Waals surface area contributed by atoms with Crippen molar-refractivity contribution >= 4 is 16.9 Å². The molecule has 2 aliphatic rings. The van der Waals surface area contributed by atoms with Crippen LogP contribution in [0.15, 0.2) is 18.2 Å². The second-order valence-corrected chi connectivity index (χ2v) is 7.73. The van der Waals surface area contributed by atoms with Crippen LogP contribution in [0.3, 0.4) is 0 Å². The Morgan fingerprint density at radius 2 is 2.19 bits per heavy atom. The molecule has 142 valence electrons. The third-order valence-corrected chi connectivity index (χ3v) is 6.34. The average Bonchev–Trinajstić information content (AvgIpc) is 3.03. The summed E-state index contributed by atoms with van der Waals surface area (Å²) in [5.74, 6) is 0.365. The Balaban J connectivity index is 1.65. The fourth-order valence-corrected chi connectivity index (χ4v) is 5.01. The van der Waals surface area contributed by atoms with Gasteiger partial charge < -0.3 is 20.1 Å². The molecule has 1 aliphatic heterocycles. The predicted octanol–water partition coefficient (Wildman–Crippen LogP) is 2.80. The number of aromatic nitrogens is 1. The first-order chi connectivity index (χ1) is 13.1. The van der Waals surface area contributed by atoms with Crippen molar-refractivity contribution in [3.8, 4) is 6.07 Å². The summed E-state index contributed by atoms with van der Waals surface area (Å²) in [6.07, 6.45) is 1.82. The maximum Gasteiger partial charge on any atom is 0.317 e. The van der Waals surface area contributed by atoms with Gasteiger partial charge in [-0.15, -0.1) is 0 Å². The summed E-state index contributed by atoms with van der Waals surface area (Å²) in [5.41, 5.74) is 4.21. The molecular weight excluding hydrogens is 338 g/mol. The number of likely N-dealkylation sites (N-methyl/N-ethyl adjacent to an activating group) is 1. The van der Waals surface area contributed by atoms with Crippen molar-refractivity contribution in [1.29, 1.82) is 5.26 Å². The number of carbonyl (C=O) groups excluding carboxylic acids is 1. The van der Waals surface area contributed by atoms with Crippen LogP contribution in [0.2, 0.25) is 0 Å². The lowest BCUT2D eigenvalue weighted by molar-refractivity contribution is 0.124. The molecule has 2 heterocycles. The van der Waals surface area contributed by atoms with Gasteiger partial charge in [-0.3, -0.25) is 0 Å². The lowest BCUT2D eigenvalue weighted by atomic mass is 9.73. The summed E-state index contributed by atoms with van der Waals surface area (Å²) in [5, 5.41) is 14.0. The first-order valence-electron chi connectivity index (χ1n) is 9.86. The summed E-state index contributed by atoms with van der Waals surface area (Å²) < 4.78 is 0. The summed E-state index contributed by atoms with van der Waals surface area (Å²) in [4.78, 5) is 20.0. The molecule has 6 heteroatoms. The van der Waals surface area contributed by atoms with Crippen molar-refractivity contribution < 1.29 is 4.79 Å². The molecule has 0 spiro atoms. The van der Waals surface area contributed by atoms with Gasteiger partial charge in [0.2, 0.25) is 0 Å². The van der Waals surface area contributed by atoms with E-state index in [0.29, 0.717) is 17.7 Å². The minimum atomic E-state index is 0.0277. The van der Waals surface area contributed by atoms with E-state index in [1.54, 1.807) is 0 Å². The quantitative estimate of drug-likeness (QED) is 0.878. The highest BCUT2D eigenvalue weighted by molar-refractivity contribution is 5.90. The Kier molecular flexibility index (Phi) is 4.56. The summed E-state index contributed by atoms with van der Waals surface area (Å²) in [6.45, 7) is 6.30. The summed E-state index contributed by atoms with van der Waals surface area (Å²) in [7, 11) is 2.14. The number of H-pyrrole nitrogens is 1. The van der Waals surface area contributed by atoms with Crippen LogP contribution >= 0.6 is 0 Å². The van der Waals surface area contributed by atoms with Gasteiger partial charge in [0.1, 0.15) is 11.8 Å². The fraction of sp³-hybridized carbons (Fsp3) is 0.524. The van der Waals surface area contributed by atoms with Gasteiger partial charge in [-0.1, -0.05) is 12.1 Å². The van der Waals surface area contributed by atoms with Crippen molar-refractivity contribution in [2.45, 2.75) is 44.7 Å². The molecule has 2 aromatic rings. The topological polar surface area (TPSA) is 75.2 Å². The molecule has 1 aromatic heterocycles. The third kappa shape index (κ3) is 2.87. The van der Waals surface area contributed by atoms with Crippen LogP contribution < -0.4 is 5.32 Å². The molecule has 1 aromatic carbocycles. The number of hydrogen-bond donors (Lipinski definition) is 2. The Hall–Kier alpha value is -2.52. The van der Waals surface area contributed by atoms with E-state index in [0.717, 1.165) is 43.6 Å². The summed E-state index contributed by atoms with van der Waals surface area (Å²) in [6, 6.07) is 9.18. The van der Waals surface area contributed by atoms with Gasteiger partial charge in [0.05, 0.1) is 0 Å². The molecule has 0 saturated carbocycles. The van der Waals surface area contributed by atoms with Crippen molar-refractivity contribution in [3.63, 3.8) is 0 Å². The number of nitrogens with one attached hydrogen (secondary N) is 2. The molecular formula is C21H27N5O. The van der Waals surface area contributed by atoms with E-state index in [1.165, 1.54) is 10.9 Å². The van der Waals surface area contributed by atoms with Crippen molar-refractivity contribution in [3.05, 3.63) is 35.0 Å². The van der Waals surface area contributed by atoms with Gasteiger partial charge in [-0.05, 0) is 50.9 Å². The molecule has 2 amide bonds. The average molecular weight is 365 g/mol. The molecule has 2 N–H and O–H groups in total. The number of benzene rings is 1. The number of amides is 2. The molecule has 1 saturated heterocycles. The van der Waals surface area contributed by atoms with E-state index in [9.17, 15) is 10.1 Å². The minimum absolute atomic E-state index is 0.0277. The Labute approximate surface area is 160 Å². The Bertz CT molecular complexity index is 907. The largest absolute Gasteiger partial charge is 0.346 e. The maximum atomic E-state index is 12.5. The lowest BCUT2D eigenvalue weighted by Gasteiger charge is -2.46. The molecule has 4 rings (SSSR count). The zero-order valence-corrected chi connectivity index (χ0v) is 16.2. The number of nitriles is 1. The molecule has 1 aliphatic carbocycles. The van der Waals surface area contributed by atoms with Crippen molar-refractivity contribution in [2.75, 3.05) is 26.7 Å². The Morgan fingerprint density at radius 1 is 1.41 bits per heavy atom. The highest BCUT2D eigenvalue weighted by Crippen LogP contribution is 2.44. The van der Waals surface area contributed by atoms with Gasteiger partial charge >= 0.3 is 6.03 Å². The zero-order chi connectivity index (χ0) is 19.1. The first-order valence-corrected chi connectivity index (χ1v) is 9.86. The first kappa shape index (κ1) is 17.9. The number of rotatable bonds is 3. The maximum absolute atomic E-state index is 12.5. The van der Waals surface area contributed by atoms with Crippen LogP contribution in [-0.2, 0) is 6.42 Å². The van der Waals surface area contributed by atoms with Crippen LogP contribution in [0.1, 0.15) is 43.0 Å². The molecule has 1 fully saturated rings. The predicted molar refractivity (Wildman–Crippen MR) is 106 cm³/mol. The number of likely N-dealkylation sites (tertiary alicyclic amines) is 1. The fourth-order valence-electron chi connectivity index (χ4n) is 5.01. The molecule has 0 unspecified atom stereocenters. The molecule has 3 atom stereocenters. The molecule has 0 bridgehead atoms. The minimum Gasteiger partial charge on any atom is -0.346 e. The monoisotopic (exact) mass is 365 g/mol. The molecule has 0 radical (unpaired) electrons. The van der Waals surface area contributed by atoms with Crippen molar-refractivity contribution in [1.82, 2.24) is 20.1 Å². The number of nitrogens with zero attached hydrogens (tertiary/aromatic N) is 3. The molecule has 6 nitrogen and oxygen atoms in total. The van der Waals surface area contributed by atoms with Gasteiger partial charge in [0, 0.05) is 48.5 Å². The number of aromatic amines is 1. The number of fused-ring (bicyclic) bond motifs is 2. The number of urea groups is 1. The highest BCUT2D eigenvalue weighted by Gasteiger charge is 2.40. The second-order valence-electron chi connectivity index (χ2n) is 7.73. The van der Waals surface area contributed by atoms with E-state index in [2.05, 4.69) is 46.5 Å². The van der Waals surface area contributed by atoms with Crippen LogP contribution in [0.5, 0.6) is 0 Å². The smallest absolute Gasteiger partial charge is 0.317 e. The van der Waals surface area contributed by atoms with Gasteiger partial charge in [-0.25, -0.2) is 4.79 Å². The van der Waals surface area contributed by atoms with E-state index >= 15 is 0 Å². The Morgan fingerprint density at radius 3 is 2.89 bits per heavy atom. The van der Waals surface area contributed by atoms with E-state index < -0.39 is 0 Å². The number of carbonyl (C=O) groups is 1. The van der Waals surface area contributed by atoms with Gasteiger partial charge in [0.15, 0.2) is 0 Å². The van der Waals surface area contributed by atoms with Crippen LogP contribution in [0, 0.1) is 11.3 Å².